The van der Waals surface area contributed by atoms with Crippen molar-refractivity contribution >= 4 is 5.91 Å². The zero-order valence-electron chi connectivity index (χ0n) is 15.8. The third kappa shape index (κ3) is 5.21. The van der Waals surface area contributed by atoms with Crippen LogP contribution in [0.4, 0.5) is 0 Å². The second kappa shape index (κ2) is 9.39. The Morgan fingerprint density at radius 2 is 1.74 bits per heavy atom. The van der Waals surface area contributed by atoms with Crippen molar-refractivity contribution in [2.75, 3.05) is 46.4 Å². The van der Waals surface area contributed by atoms with Crippen LogP contribution >= 0.6 is 0 Å². The molecule has 2 N–H and O–H groups in total. The molecular weight excluding hydrogens is 342 g/mol. The van der Waals surface area contributed by atoms with Crippen LogP contribution < -0.4 is 15.2 Å². The van der Waals surface area contributed by atoms with Crippen LogP contribution in [0.1, 0.15) is 15.9 Å². The molecular formula is C21H27N3O3. The van der Waals surface area contributed by atoms with Crippen molar-refractivity contribution in [2.45, 2.75) is 6.54 Å². The topological polar surface area (TPSA) is 68.0 Å². The first kappa shape index (κ1) is 19.2. The van der Waals surface area contributed by atoms with Gasteiger partial charge >= 0.3 is 0 Å². The molecule has 0 unspecified atom stereocenters. The van der Waals surface area contributed by atoms with E-state index in [1.165, 1.54) is 0 Å². The van der Waals surface area contributed by atoms with Gasteiger partial charge in [-0.3, -0.25) is 9.69 Å². The van der Waals surface area contributed by atoms with Gasteiger partial charge in [0.25, 0.3) is 5.91 Å². The predicted molar refractivity (Wildman–Crippen MR) is 105 cm³/mol. The third-order valence-electron chi connectivity index (χ3n) is 4.81. The van der Waals surface area contributed by atoms with E-state index in [9.17, 15) is 4.79 Å². The molecule has 0 bridgehead atoms. The number of nitrogens with two attached hydrogens (primary N) is 1. The lowest BCUT2D eigenvalue weighted by atomic mass is 10.1. The highest BCUT2D eigenvalue weighted by atomic mass is 16.5. The molecule has 27 heavy (non-hydrogen) atoms. The highest BCUT2D eigenvalue weighted by Gasteiger charge is 2.21. The van der Waals surface area contributed by atoms with Gasteiger partial charge in [-0.05, 0) is 29.8 Å². The van der Waals surface area contributed by atoms with Gasteiger partial charge in [-0.15, -0.1) is 0 Å². The maximum Gasteiger partial charge on any atom is 0.253 e. The minimum Gasteiger partial charge on any atom is -0.497 e. The van der Waals surface area contributed by atoms with Crippen LogP contribution in [0.2, 0.25) is 0 Å². The average Bonchev–Trinajstić information content (AvgIpc) is 2.74. The Morgan fingerprint density at radius 3 is 2.41 bits per heavy atom. The molecule has 3 rings (SSSR count). The van der Waals surface area contributed by atoms with Crippen molar-refractivity contribution < 1.29 is 14.3 Å². The van der Waals surface area contributed by atoms with Crippen molar-refractivity contribution in [1.82, 2.24) is 9.80 Å². The maximum absolute atomic E-state index is 12.6. The summed E-state index contributed by atoms with van der Waals surface area (Å²) in [5, 5.41) is 0. The Balaban J connectivity index is 1.42. The number of hydrogen-bond donors (Lipinski definition) is 1. The van der Waals surface area contributed by atoms with Gasteiger partial charge < -0.3 is 20.1 Å². The predicted octanol–water partition coefficient (Wildman–Crippen LogP) is 1.99. The summed E-state index contributed by atoms with van der Waals surface area (Å²) in [6, 6.07) is 15.2. The molecule has 1 heterocycles. The van der Waals surface area contributed by atoms with E-state index in [0.29, 0.717) is 13.2 Å². The van der Waals surface area contributed by atoms with E-state index in [2.05, 4.69) is 4.90 Å². The fourth-order valence-electron chi connectivity index (χ4n) is 3.12. The molecule has 1 fully saturated rings. The van der Waals surface area contributed by atoms with Gasteiger partial charge in [0.1, 0.15) is 18.1 Å². The minimum absolute atomic E-state index is 0.0888. The number of amides is 1. The zero-order valence-corrected chi connectivity index (χ0v) is 15.8. The summed E-state index contributed by atoms with van der Waals surface area (Å²) in [4.78, 5) is 16.8. The van der Waals surface area contributed by atoms with Crippen LogP contribution in [-0.2, 0) is 6.54 Å². The fraction of sp³-hybridized carbons (Fsp3) is 0.381. The SMILES string of the molecule is COc1cccc(OCCN2CCN(C(=O)c3ccc(CN)cc3)CC2)c1. The highest BCUT2D eigenvalue weighted by molar-refractivity contribution is 5.94. The van der Waals surface area contributed by atoms with E-state index in [-0.39, 0.29) is 5.91 Å². The first-order valence-corrected chi connectivity index (χ1v) is 9.27. The van der Waals surface area contributed by atoms with Crippen LogP contribution in [0, 0.1) is 0 Å². The van der Waals surface area contributed by atoms with Crippen LogP contribution in [0.5, 0.6) is 11.5 Å². The summed E-state index contributed by atoms with van der Waals surface area (Å²) in [7, 11) is 1.65. The molecule has 0 aliphatic carbocycles. The van der Waals surface area contributed by atoms with Gasteiger partial charge in [0.2, 0.25) is 0 Å². The number of benzene rings is 2. The first-order valence-electron chi connectivity index (χ1n) is 9.27. The standard InChI is InChI=1S/C21H27N3O3/c1-26-19-3-2-4-20(15-19)27-14-13-23-9-11-24(12-10-23)21(25)18-7-5-17(16-22)6-8-18/h2-8,15H,9-14,16,22H2,1H3. The quantitative estimate of drug-likeness (QED) is 0.808. The molecule has 1 aliphatic heterocycles. The monoisotopic (exact) mass is 369 g/mol. The maximum atomic E-state index is 12.6. The normalized spacial score (nSPS) is 14.8. The summed E-state index contributed by atoms with van der Waals surface area (Å²) < 4.78 is 11.0. The number of methoxy groups -OCH3 is 1. The molecule has 1 saturated heterocycles. The van der Waals surface area contributed by atoms with Gasteiger partial charge in [0, 0.05) is 50.9 Å². The minimum atomic E-state index is 0.0888. The Morgan fingerprint density at radius 1 is 1.04 bits per heavy atom. The molecule has 2 aromatic rings. The van der Waals surface area contributed by atoms with Gasteiger partial charge in [0.05, 0.1) is 7.11 Å². The van der Waals surface area contributed by atoms with Crippen molar-refractivity contribution in [3.8, 4) is 11.5 Å². The molecule has 6 heteroatoms. The Labute approximate surface area is 160 Å². The van der Waals surface area contributed by atoms with Gasteiger partial charge in [0.15, 0.2) is 0 Å². The lowest BCUT2D eigenvalue weighted by Gasteiger charge is -2.34. The van der Waals surface area contributed by atoms with E-state index < -0.39 is 0 Å². The largest absolute Gasteiger partial charge is 0.497 e. The number of ether oxygens (including phenoxy) is 2. The smallest absolute Gasteiger partial charge is 0.253 e. The lowest BCUT2D eigenvalue weighted by Crippen LogP contribution is -2.49. The number of carbonyl (C=O) groups excluding carboxylic acids is 1. The van der Waals surface area contributed by atoms with Crippen molar-refractivity contribution in [2.24, 2.45) is 5.73 Å². The Kier molecular flexibility index (Phi) is 6.68. The molecule has 0 spiro atoms. The van der Waals surface area contributed by atoms with Crippen LogP contribution in [0.3, 0.4) is 0 Å². The number of carbonyl (C=O) groups is 1. The van der Waals surface area contributed by atoms with Gasteiger partial charge in [-0.1, -0.05) is 18.2 Å². The number of nitrogens with zero attached hydrogens (tertiary/aromatic N) is 2. The first-order chi connectivity index (χ1) is 13.2. The van der Waals surface area contributed by atoms with E-state index in [1.807, 2.05) is 53.4 Å². The zero-order chi connectivity index (χ0) is 19.1. The van der Waals surface area contributed by atoms with E-state index in [1.54, 1.807) is 7.11 Å². The van der Waals surface area contributed by atoms with E-state index in [4.69, 9.17) is 15.2 Å². The average molecular weight is 369 g/mol. The second-order valence-electron chi connectivity index (χ2n) is 6.56. The van der Waals surface area contributed by atoms with Crippen molar-refractivity contribution in [3.05, 3.63) is 59.7 Å². The molecule has 0 atom stereocenters. The number of piperazine rings is 1. The second-order valence-corrected chi connectivity index (χ2v) is 6.56. The molecule has 6 nitrogen and oxygen atoms in total. The van der Waals surface area contributed by atoms with Crippen molar-refractivity contribution in [3.63, 3.8) is 0 Å². The van der Waals surface area contributed by atoms with Crippen LogP contribution in [-0.4, -0.2) is 62.1 Å². The molecule has 0 aromatic heterocycles. The van der Waals surface area contributed by atoms with Crippen LogP contribution in [0.25, 0.3) is 0 Å². The summed E-state index contributed by atoms with van der Waals surface area (Å²) in [6.07, 6.45) is 0. The van der Waals surface area contributed by atoms with Crippen molar-refractivity contribution in [1.29, 1.82) is 0 Å². The van der Waals surface area contributed by atoms with E-state index in [0.717, 1.165) is 55.3 Å². The number of hydrogen-bond acceptors (Lipinski definition) is 5. The summed E-state index contributed by atoms with van der Waals surface area (Å²) in [6.45, 7) is 5.12. The van der Waals surface area contributed by atoms with Gasteiger partial charge in [-0.2, -0.15) is 0 Å². The molecule has 1 amide bonds. The molecule has 1 aliphatic rings. The summed E-state index contributed by atoms with van der Waals surface area (Å²) in [5.74, 6) is 1.69. The number of rotatable bonds is 7. The lowest BCUT2D eigenvalue weighted by molar-refractivity contribution is 0.0620. The fourth-order valence-corrected chi connectivity index (χ4v) is 3.12. The molecule has 2 aromatic carbocycles. The summed E-state index contributed by atoms with van der Waals surface area (Å²) >= 11 is 0. The molecule has 144 valence electrons. The molecule has 0 radical (unpaired) electrons. The summed E-state index contributed by atoms with van der Waals surface area (Å²) in [5.41, 5.74) is 7.37. The molecule has 0 saturated carbocycles. The highest BCUT2D eigenvalue weighted by Crippen LogP contribution is 2.18. The Hall–Kier alpha value is -2.57. The Bertz CT molecular complexity index is 741. The van der Waals surface area contributed by atoms with Crippen LogP contribution in [0.15, 0.2) is 48.5 Å². The van der Waals surface area contributed by atoms with Gasteiger partial charge in [-0.25, -0.2) is 0 Å². The third-order valence-corrected chi connectivity index (χ3v) is 4.81. The van der Waals surface area contributed by atoms with E-state index >= 15 is 0 Å².